The van der Waals surface area contributed by atoms with Crippen LogP contribution in [0.5, 0.6) is 0 Å². The maximum Gasteiger partial charge on any atom is 0.191 e. The highest BCUT2D eigenvalue weighted by atomic mass is 127. The van der Waals surface area contributed by atoms with E-state index in [0.29, 0.717) is 13.1 Å². The van der Waals surface area contributed by atoms with Crippen LogP contribution in [-0.4, -0.2) is 35.5 Å². The van der Waals surface area contributed by atoms with E-state index in [1.54, 1.807) is 11.3 Å². The first-order valence-corrected chi connectivity index (χ1v) is 10.6. The molecule has 1 aromatic carbocycles. The van der Waals surface area contributed by atoms with Gasteiger partial charge in [-0.2, -0.15) is 0 Å². The van der Waals surface area contributed by atoms with E-state index in [1.165, 1.54) is 16.0 Å². The van der Waals surface area contributed by atoms with Crippen molar-refractivity contribution in [3.05, 3.63) is 51.0 Å². The quantitative estimate of drug-likeness (QED) is 0.294. The molecule has 0 amide bonds. The van der Waals surface area contributed by atoms with Crippen molar-refractivity contribution in [3.63, 3.8) is 0 Å². The van der Waals surface area contributed by atoms with E-state index in [4.69, 9.17) is 4.99 Å². The SMILES string of the molecule is CCNC(=NCc1cccc(CN(CC)CC)c1)NCc1nc(C)c(C)s1.I. The third kappa shape index (κ3) is 8.05. The van der Waals surface area contributed by atoms with Crippen LogP contribution in [0.2, 0.25) is 0 Å². The third-order valence-electron chi connectivity index (χ3n) is 4.54. The van der Waals surface area contributed by atoms with Crippen molar-refractivity contribution in [2.24, 2.45) is 4.99 Å². The second kappa shape index (κ2) is 13.1. The van der Waals surface area contributed by atoms with Crippen molar-refractivity contribution >= 4 is 41.3 Å². The smallest absolute Gasteiger partial charge is 0.191 e. The summed E-state index contributed by atoms with van der Waals surface area (Å²) in [5, 5.41) is 7.80. The highest BCUT2D eigenvalue weighted by Crippen LogP contribution is 2.16. The molecule has 1 aromatic heterocycles. The standard InChI is InChI=1S/C21H33N5S.HI/c1-6-22-21(24-14-20-25-16(4)17(5)27-20)23-13-18-10-9-11-19(12-18)15-26(7-2)8-3;/h9-12H,6-8,13-15H2,1-5H3,(H2,22,23,24);1H. The second-order valence-electron chi connectivity index (χ2n) is 6.58. The first-order valence-electron chi connectivity index (χ1n) is 9.80. The Balaban J connectivity index is 0.00000392. The van der Waals surface area contributed by atoms with E-state index in [1.807, 2.05) is 0 Å². The van der Waals surface area contributed by atoms with Gasteiger partial charge in [0, 0.05) is 18.0 Å². The number of halogens is 1. The van der Waals surface area contributed by atoms with Crippen LogP contribution in [0.4, 0.5) is 0 Å². The fourth-order valence-electron chi connectivity index (χ4n) is 2.82. The maximum atomic E-state index is 4.75. The Hall–Kier alpha value is -1.19. The van der Waals surface area contributed by atoms with Gasteiger partial charge in [-0.25, -0.2) is 9.98 Å². The number of hydrogen-bond acceptors (Lipinski definition) is 4. The molecule has 0 radical (unpaired) electrons. The molecule has 0 spiro atoms. The van der Waals surface area contributed by atoms with E-state index in [0.717, 1.165) is 42.8 Å². The number of thiazole rings is 1. The summed E-state index contributed by atoms with van der Waals surface area (Å²) in [6.45, 7) is 16.0. The number of aliphatic imine (C=N–C) groups is 1. The molecular weight excluding hydrogens is 481 g/mol. The first kappa shape index (κ1) is 24.8. The van der Waals surface area contributed by atoms with E-state index < -0.39 is 0 Å². The summed E-state index contributed by atoms with van der Waals surface area (Å²) in [7, 11) is 0. The lowest BCUT2D eigenvalue weighted by atomic mass is 10.1. The Morgan fingerprint density at radius 1 is 1.11 bits per heavy atom. The number of aryl methyl sites for hydroxylation is 2. The molecule has 0 aliphatic rings. The average molecular weight is 516 g/mol. The summed E-state index contributed by atoms with van der Waals surface area (Å²) in [4.78, 5) is 13.0. The molecule has 0 saturated carbocycles. The monoisotopic (exact) mass is 515 g/mol. The molecule has 0 unspecified atom stereocenters. The zero-order chi connectivity index (χ0) is 19.6. The number of nitrogens with one attached hydrogen (secondary N) is 2. The van der Waals surface area contributed by atoms with Crippen LogP contribution in [-0.2, 0) is 19.6 Å². The van der Waals surface area contributed by atoms with Crippen LogP contribution >= 0.6 is 35.3 Å². The van der Waals surface area contributed by atoms with Crippen molar-refractivity contribution in [1.82, 2.24) is 20.5 Å². The number of benzene rings is 1. The van der Waals surface area contributed by atoms with Gasteiger partial charge < -0.3 is 10.6 Å². The van der Waals surface area contributed by atoms with Crippen LogP contribution in [0.1, 0.15) is 47.5 Å². The van der Waals surface area contributed by atoms with Gasteiger partial charge in [-0.3, -0.25) is 4.90 Å². The molecule has 2 N–H and O–H groups in total. The number of aromatic nitrogens is 1. The lowest BCUT2D eigenvalue weighted by molar-refractivity contribution is 0.296. The molecule has 0 fully saturated rings. The zero-order valence-electron chi connectivity index (χ0n) is 17.7. The molecule has 156 valence electrons. The van der Waals surface area contributed by atoms with Gasteiger partial charge in [0.2, 0.25) is 0 Å². The topological polar surface area (TPSA) is 52.6 Å². The molecular formula is C21H34IN5S. The molecule has 0 atom stereocenters. The Kier molecular flexibility index (Phi) is 11.6. The van der Waals surface area contributed by atoms with Gasteiger partial charge in [0.1, 0.15) is 5.01 Å². The van der Waals surface area contributed by atoms with E-state index in [9.17, 15) is 0 Å². The lowest BCUT2D eigenvalue weighted by Gasteiger charge is -2.18. The lowest BCUT2D eigenvalue weighted by Crippen LogP contribution is -2.36. The van der Waals surface area contributed by atoms with E-state index in [-0.39, 0.29) is 24.0 Å². The number of rotatable bonds is 9. The fourth-order valence-corrected chi connectivity index (χ4v) is 3.69. The Morgan fingerprint density at radius 2 is 1.82 bits per heavy atom. The van der Waals surface area contributed by atoms with Gasteiger partial charge in [0.15, 0.2) is 5.96 Å². The summed E-state index contributed by atoms with van der Waals surface area (Å²) in [6.07, 6.45) is 0. The molecule has 0 aliphatic carbocycles. The highest BCUT2D eigenvalue weighted by Gasteiger charge is 2.05. The summed E-state index contributed by atoms with van der Waals surface area (Å²) < 4.78 is 0. The molecule has 5 nitrogen and oxygen atoms in total. The minimum atomic E-state index is 0. The van der Waals surface area contributed by atoms with Crippen molar-refractivity contribution < 1.29 is 0 Å². The van der Waals surface area contributed by atoms with Crippen LogP contribution < -0.4 is 10.6 Å². The normalized spacial score (nSPS) is 11.4. The van der Waals surface area contributed by atoms with Crippen molar-refractivity contribution in [3.8, 4) is 0 Å². The van der Waals surface area contributed by atoms with E-state index in [2.05, 4.69) is 79.4 Å². The summed E-state index contributed by atoms with van der Waals surface area (Å²) in [5.41, 5.74) is 3.69. The maximum absolute atomic E-state index is 4.75. The van der Waals surface area contributed by atoms with Crippen molar-refractivity contribution in [1.29, 1.82) is 0 Å². The summed E-state index contributed by atoms with van der Waals surface area (Å²) in [6, 6.07) is 8.73. The second-order valence-corrected chi connectivity index (χ2v) is 7.87. The van der Waals surface area contributed by atoms with Crippen LogP contribution in [0.3, 0.4) is 0 Å². The highest BCUT2D eigenvalue weighted by molar-refractivity contribution is 14.0. The van der Waals surface area contributed by atoms with Gasteiger partial charge in [-0.05, 0) is 45.0 Å². The molecule has 28 heavy (non-hydrogen) atoms. The van der Waals surface area contributed by atoms with Gasteiger partial charge in [-0.15, -0.1) is 35.3 Å². The van der Waals surface area contributed by atoms with Gasteiger partial charge >= 0.3 is 0 Å². The number of guanidine groups is 1. The largest absolute Gasteiger partial charge is 0.357 e. The van der Waals surface area contributed by atoms with Crippen LogP contribution in [0.15, 0.2) is 29.3 Å². The van der Waals surface area contributed by atoms with Crippen LogP contribution in [0, 0.1) is 13.8 Å². The van der Waals surface area contributed by atoms with Gasteiger partial charge in [0.25, 0.3) is 0 Å². The average Bonchev–Trinajstić information content (AvgIpc) is 3.00. The minimum absolute atomic E-state index is 0. The van der Waals surface area contributed by atoms with Crippen molar-refractivity contribution in [2.75, 3.05) is 19.6 Å². The third-order valence-corrected chi connectivity index (χ3v) is 5.61. The summed E-state index contributed by atoms with van der Waals surface area (Å²) in [5.74, 6) is 0.831. The first-order chi connectivity index (χ1) is 13.0. The predicted molar refractivity (Wildman–Crippen MR) is 132 cm³/mol. The Bertz CT molecular complexity index is 721. The molecule has 0 saturated heterocycles. The van der Waals surface area contributed by atoms with Gasteiger partial charge in [0.05, 0.1) is 18.8 Å². The number of nitrogens with zero attached hydrogens (tertiary/aromatic N) is 3. The number of hydrogen-bond donors (Lipinski definition) is 2. The van der Waals surface area contributed by atoms with Crippen LogP contribution in [0.25, 0.3) is 0 Å². The molecule has 2 rings (SSSR count). The molecule has 7 heteroatoms. The van der Waals surface area contributed by atoms with E-state index >= 15 is 0 Å². The van der Waals surface area contributed by atoms with Crippen molar-refractivity contribution in [2.45, 2.75) is 54.3 Å². The fraction of sp³-hybridized carbons (Fsp3) is 0.524. The minimum Gasteiger partial charge on any atom is -0.357 e. The molecule has 0 aliphatic heterocycles. The Labute approximate surface area is 191 Å². The molecule has 2 aromatic rings. The summed E-state index contributed by atoms with van der Waals surface area (Å²) >= 11 is 1.74. The van der Waals surface area contributed by atoms with Gasteiger partial charge in [-0.1, -0.05) is 38.1 Å². The molecule has 0 bridgehead atoms. The Morgan fingerprint density at radius 3 is 2.43 bits per heavy atom. The molecule has 1 heterocycles. The zero-order valence-corrected chi connectivity index (χ0v) is 20.9. The predicted octanol–water partition coefficient (Wildman–Crippen LogP) is 4.48.